The summed E-state index contributed by atoms with van der Waals surface area (Å²) in [6, 6.07) is 18.6. The Morgan fingerprint density at radius 3 is 2.40 bits per heavy atom. The Morgan fingerprint density at radius 1 is 0.933 bits per heavy atom. The number of hydrogen-bond acceptors (Lipinski definition) is 3. The third-order valence-electron chi connectivity index (χ3n) is 4.49. The quantitative estimate of drug-likeness (QED) is 0.377. The van der Waals surface area contributed by atoms with Crippen LogP contribution in [0.4, 0.5) is 11.5 Å². The number of thiocarbonyl (C=S) groups is 1. The molecule has 0 aliphatic rings. The fourth-order valence-corrected chi connectivity index (χ4v) is 3.63. The van der Waals surface area contributed by atoms with E-state index in [4.69, 9.17) is 12.2 Å². The molecule has 0 aliphatic heterocycles. The van der Waals surface area contributed by atoms with Gasteiger partial charge >= 0.3 is 0 Å². The lowest BCUT2D eigenvalue weighted by atomic mass is 10.1. The maximum Gasteiger partial charge on any atom is 0.176 e. The van der Waals surface area contributed by atoms with E-state index in [1.807, 2.05) is 40.0 Å². The highest BCUT2D eigenvalue weighted by molar-refractivity contribution is 9.10. The van der Waals surface area contributed by atoms with Gasteiger partial charge in [-0.3, -0.25) is 9.36 Å². The molecule has 0 saturated carbocycles. The zero-order valence-corrected chi connectivity index (χ0v) is 18.8. The van der Waals surface area contributed by atoms with E-state index in [1.165, 1.54) is 16.7 Å². The first-order chi connectivity index (χ1) is 14.5. The van der Waals surface area contributed by atoms with Crippen molar-refractivity contribution in [1.82, 2.24) is 19.6 Å². The molecule has 0 atom stereocenters. The lowest BCUT2D eigenvalue weighted by Gasteiger charge is -2.07. The number of benzene rings is 2. The van der Waals surface area contributed by atoms with E-state index in [2.05, 4.69) is 80.1 Å². The number of rotatable bonds is 6. The average molecular weight is 481 g/mol. The zero-order valence-electron chi connectivity index (χ0n) is 16.4. The fourth-order valence-electron chi connectivity index (χ4n) is 3.00. The summed E-state index contributed by atoms with van der Waals surface area (Å²) in [5.41, 5.74) is 4.44. The van der Waals surface area contributed by atoms with Crippen LogP contribution in [0.3, 0.4) is 0 Å². The molecule has 0 radical (unpaired) electrons. The van der Waals surface area contributed by atoms with Crippen molar-refractivity contribution in [2.75, 3.05) is 10.6 Å². The first-order valence-corrected chi connectivity index (χ1v) is 10.7. The van der Waals surface area contributed by atoms with Gasteiger partial charge in [0.15, 0.2) is 10.9 Å². The maximum absolute atomic E-state index is 5.44. The van der Waals surface area contributed by atoms with Crippen molar-refractivity contribution >= 4 is 44.8 Å². The molecule has 2 aromatic carbocycles. The van der Waals surface area contributed by atoms with Gasteiger partial charge in [0.05, 0.1) is 29.4 Å². The predicted octanol–water partition coefficient (Wildman–Crippen LogP) is 5.06. The van der Waals surface area contributed by atoms with Gasteiger partial charge in [0.2, 0.25) is 0 Å². The fraction of sp³-hybridized carbons (Fsp3) is 0.136. The highest BCUT2D eigenvalue weighted by atomic mass is 79.9. The lowest BCUT2D eigenvalue weighted by Crippen LogP contribution is -2.19. The van der Waals surface area contributed by atoms with Crippen LogP contribution in [0.15, 0.2) is 77.7 Å². The highest BCUT2D eigenvalue weighted by Crippen LogP contribution is 2.21. The first-order valence-electron chi connectivity index (χ1n) is 9.48. The largest absolute Gasteiger partial charge is 0.330 e. The summed E-state index contributed by atoms with van der Waals surface area (Å²) in [4.78, 5) is 0. The van der Waals surface area contributed by atoms with Gasteiger partial charge in [0.25, 0.3) is 0 Å². The van der Waals surface area contributed by atoms with E-state index in [9.17, 15) is 0 Å². The normalized spacial score (nSPS) is 10.7. The molecule has 0 bridgehead atoms. The molecule has 0 saturated heterocycles. The van der Waals surface area contributed by atoms with Crippen LogP contribution < -0.4 is 10.6 Å². The Hall–Kier alpha value is -2.97. The molecule has 0 aliphatic carbocycles. The molecular weight excluding hydrogens is 460 g/mol. The van der Waals surface area contributed by atoms with Crippen LogP contribution in [0.2, 0.25) is 0 Å². The lowest BCUT2D eigenvalue weighted by molar-refractivity contribution is 0.687. The van der Waals surface area contributed by atoms with Crippen molar-refractivity contribution in [3.8, 4) is 0 Å². The van der Waals surface area contributed by atoms with E-state index in [0.717, 1.165) is 10.2 Å². The summed E-state index contributed by atoms with van der Waals surface area (Å²) in [7, 11) is 0. The van der Waals surface area contributed by atoms with Crippen molar-refractivity contribution in [3.63, 3.8) is 0 Å². The number of aromatic nitrogens is 4. The molecule has 8 heteroatoms. The Labute approximate surface area is 189 Å². The van der Waals surface area contributed by atoms with Crippen LogP contribution in [0.1, 0.15) is 16.7 Å². The number of hydrogen-bond donors (Lipinski definition) is 2. The Kier molecular flexibility index (Phi) is 6.25. The van der Waals surface area contributed by atoms with Crippen molar-refractivity contribution in [1.29, 1.82) is 0 Å². The van der Waals surface area contributed by atoms with Crippen LogP contribution in [-0.2, 0) is 13.1 Å². The number of halogens is 1. The van der Waals surface area contributed by atoms with Crippen molar-refractivity contribution in [2.45, 2.75) is 20.0 Å². The number of nitrogens with zero attached hydrogens (tertiary/aromatic N) is 4. The molecule has 0 spiro atoms. The number of aryl methyl sites for hydroxylation is 1. The van der Waals surface area contributed by atoms with Crippen LogP contribution >= 0.6 is 28.1 Å². The Balaban J connectivity index is 1.35. The average Bonchev–Trinajstić information content (AvgIpc) is 3.30. The van der Waals surface area contributed by atoms with Crippen LogP contribution in [0, 0.1) is 6.92 Å². The second-order valence-electron chi connectivity index (χ2n) is 7.00. The third kappa shape index (κ3) is 5.34. The zero-order chi connectivity index (χ0) is 20.9. The van der Waals surface area contributed by atoms with E-state index >= 15 is 0 Å². The SMILES string of the molecule is Cc1ccc(Cn2cc(Br)c(NC(=S)Nc3cnn(Cc4ccccc4)c3)n2)cc1. The molecule has 4 rings (SSSR count). The van der Waals surface area contributed by atoms with E-state index < -0.39 is 0 Å². The summed E-state index contributed by atoms with van der Waals surface area (Å²) >= 11 is 8.99. The van der Waals surface area contributed by atoms with Crippen LogP contribution in [0.5, 0.6) is 0 Å². The van der Waals surface area contributed by atoms with Crippen molar-refractivity contribution in [2.24, 2.45) is 0 Å². The van der Waals surface area contributed by atoms with Crippen molar-refractivity contribution < 1.29 is 0 Å². The summed E-state index contributed by atoms with van der Waals surface area (Å²) in [6.07, 6.45) is 5.61. The van der Waals surface area contributed by atoms with Gasteiger partial charge in [-0.15, -0.1) is 0 Å². The molecule has 152 valence electrons. The minimum atomic E-state index is 0.454. The summed E-state index contributed by atoms with van der Waals surface area (Å²) < 4.78 is 4.59. The number of anilines is 2. The Bertz CT molecular complexity index is 1130. The summed E-state index contributed by atoms with van der Waals surface area (Å²) in [6.45, 7) is 3.47. The molecule has 0 amide bonds. The van der Waals surface area contributed by atoms with Gasteiger partial charge in [0.1, 0.15) is 0 Å². The topological polar surface area (TPSA) is 59.7 Å². The molecule has 4 aromatic rings. The van der Waals surface area contributed by atoms with Gasteiger partial charge in [-0.1, -0.05) is 60.2 Å². The molecule has 0 fully saturated rings. The maximum atomic E-state index is 5.44. The Morgan fingerprint density at radius 2 is 1.63 bits per heavy atom. The number of nitrogens with one attached hydrogen (secondary N) is 2. The molecule has 2 heterocycles. The van der Waals surface area contributed by atoms with Gasteiger partial charge in [-0.25, -0.2) is 0 Å². The predicted molar refractivity (Wildman–Crippen MR) is 128 cm³/mol. The van der Waals surface area contributed by atoms with E-state index in [0.29, 0.717) is 24.0 Å². The molecular formula is C22H21BrN6S. The second-order valence-corrected chi connectivity index (χ2v) is 8.26. The monoisotopic (exact) mass is 480 g/mol. The van der Waals surface area contributed by atoms with Crippen LogP contribution in [0.25, 0.3) is 0 Å². The van der Waals surface area contributed by atoms with Crippen LogP contribution in [-0.4, -0.2) is 24.7 Å². The highest BCUT2D eigenvalue weighted by Gasteiger charge is 2.10. The summed E-state index contributed by atoms with van der Waals surface area (Å²) in [5.74, 6) is 0.663. The van der Waals surface area contributed by atoms with Gasteiger partial charge in [-0.05, 0) is 46.2 Å². The van der Waals surface area contributed by atoms with E-state index in [1.54, 1.807) is 6.20 Å². The smallest absolute Gasteiger partial charge is 0.176 e. The summed E-state index contributed by atoms with van der Waals surface area (Å²) in [5, 5.41) is 15.7. The minimum Gasteiger partial charge on any atom is -0.330 e. The van der Waals surface area contributed by atoms with E-state index in [-0.39, 0.29) is 0 Å². The standard InChI is InChI=1S/C22H21BrN6S/c1-16-7-9-18(10-8-16)13-29-15-20(23)21(27-29)26-22(30)25-19-11-24-28(14-19)12-17-5-3-2-4-6-17/h2-11,14-15H,12-13H2,1H3,(H2,25,26,27,30). The van der Waals surface area contributed by atoms with Gasteiger partial charge in [-0.2, -0.15) is 10.2 Å². The molecule has 0 unspecified atom stereocenters. The van der Waals surface area contributed by atoms with Crippen molar-refractivity contribution in [3.05, 3.63) is 94.4 Å². The minimum absolute atomic E-state index is 0.454. The molecule has 6 nitrogen and oxygen atoms in total. The third-order valence-corrected chi connectivity index (χ3v) is 5.28. The first kappa shape index (κ1) is 20.3. The van der Waals surface area contributed by atoms with Gasteiger partial charge < -0.3 is 10.6 Å². The second kappa shape index (κ2) is 9.23. The molecule has 30 heavy (non-hydrogen) atoms. The molecule has 2 N–H and O–H groups in total. The molecule has 2 aromatic heterocycles. The van der Waals surface area contributed by atoms with Gasteiger partial charge in [0, 0.05) is 12.4 Å².